The number of carbonyl (C=O) groups excluding carboxylic acids is 1. The van der Waals surface area contributed by atoms with Gasteiger partial charge in [-0.25, -0.2) is 4.79 Å². The molecule has 1 aliphatic rings. The number of hydrogen-bond donors (Lipinski definition) is 0. The number of methoxy groups -OCH3 is 1. The third-order valence-electron chi connectivity index (χ3n) is 2.27. The molecule has 0 bridgehead atoms. The summed E-state index contributed by atoms with van der Waals surface area (Å²) < 4.78 is 4.65. The van der Waals surface area contributed by atoms with Gasteiger partial charge >= 0.3 is 6.09 Å². The minimum absolute atomic E-state index is 0.254. The van der Waals surface area contributed by atoms with E-state index in [2.05, 4.69) is 4.74 Å². The van der Waals surface area contributed by atoms with Gasteiger partial charge in [0.2, 0.25) is 0 Å². The third-order valence-corrected chi connectivity index (χ3v) is 2.27. The first-order valence-electron chi connectivity index (χ1n) is 5.21. The molecule has 3 heteroatoms. The molecule has 3 nitrogen and oxygen atoms in total. The Kier molecular flexibility index (Phi) is 4.16. The van der Waals surface area contributed by atoms with E-state index >= 15 is 0 Å². The predicted octanol–water partition coefficient (Wildman–Crippen LogP) is 2.79. The minimum Gasteiger partial charge on any atom is -0.453 e. The second kappa shape index (κ2) is 5.39. The standard InChI is InChI=1S/C10H11NO2.C2H6/c1-13-10(12)11-6-8-4-2-3-5-9(8)7-11;1-2/h2-5H,6-7H2,1H3;1-2H3. The quantitative estimate of drug-likeness (QED) is 0.654. The summed E-state index contributed by atoms with van der Waals surface area (Å²) in [7, 11) is 1.41. The van der Waals surface area contributed by atoms with Crippen LogP contribution in [0, 0.1) is 0 Å². The van der Waals surface area contributed by atoms with Crippen LogP contribution in [0.15, 0.2) is 24.3 Å². The number of carbonyl (C=O) groups is 1. The van der Waals surface area contributed by atoms with E-state index in [-0.39, 0.29) is 6.09 Å². The normalized spacial score (nSPS) is 12.6. The Hall–Kier alpha value is -1.51. The lowest BCUT2D eigenvalue weighted by Gasteiger charge is -2.12. The van der Waals surface area contributed by atoms with Gasteiger partial charge in [0, 0.05) is 13.1 Å². The lowest BCUT2D eigenvalue weighted by atomic mass is 10.1. The van der Waals surface area contributed by atoms with Crippen molar-refractivity contribution < 1.29 is 9.53 Å². The molecule has 0 saturated carbocycles. The van der Waals surface area contributed by atoms with E-state index in [4.69, 9.17) is 0 Å². The van der Waals surface area contributed by atoms with Crippen molar-refractivity contribution in [1.82, 2.24) is 4.90 Å². The SMILES string of the molecule is CC.COC(=O)N1Cc2ccccc2C1. The van der Waals surface area contributed by atoms with Crippen molar-refractivity contribution >= 4 is 6.09 Å². The zero-order chi connectivity index (χ0) is 11.3. The van der Waals surface area contributed by atoms with Crippen molar-refractivity contribution in [3.8, 4) is 0 Å². The molecule has 1 aromatic carbocycles. The van der Waals surface area contributed by atoms with Gasteiger partial charge in [-0.1, -0.05) is 38.1 Å². The van der Waals surface area contributed by atoms with Crippen LogP contribution in [-0.4, -0.2) is 18.1 Å². The zero-order valence-electron chi connectivity index (χ0n) is 9.49. The fraction of sp³-hybridized carbons (Fsp3) is 0.417. The second-order valence-electron chi connectivity index (χ2n) is 3.09. The Bertz CT molecular complexity index is 311. The molecule has 1 heterocycles. The van der Waals surface area contributed by atoms with Gasteiger partial charge in [0.05, 0.1) is 7.11 Å². The summed E-state index contributed by atoms with van der Waals surface area (Å²) in [6.45, 7) is 5.34. The molecule has 0 aliphatic carbocycles. The Morgan fingerprint density at radius 1 is 1.20 bits per heavy atom. The van der Waals surface area contributed by atoms with Crippen molar-refractivity contribution in [2.24, 2.45) is 0 Å². The molecule has 0 unspecified atom stereocenters. The topological polar surface area (TPSA) is 29.5 Å². The molecule has 0 aromatic heterocycles. The van der Waals surface area contributed by atoms with E-state index < -0.39 is 0 Å². The van der Waals surface area contributed by atoms with Gasteiger partial charge in [0.25, 0.3) is 0 Å². The number of benzene rings is 1. The van der Waals surface area contributed by atoms with Crippen LogP contribution in [0.5, 0.6) is 0 Å². The molecular weight excluding hydrogens is 190 g/mol. The molecule has 1 aliphatic heterocycles. The van der Waals surface area contributed by atoms with Crippen LogP contribution >= 0.6 is 0 Å². The molecular formula is C12H17NO2. The van der Waals surface area contributed by atoms with Crippen LogP contribution < -0.4 is 0 Å². The van der Waals surface area contributed by atoms with Crippen LogP contribution in [0.2, 0.25) is 0 Å². The average molecular weight is 207 g/mol. The summed E-state index contributed by atoms with van der Waals surface area (Å²) in [5, 5.41) is 0. The van der Waals surface area contributed by atoms with E-state index in [1.54, 1.807) is 4.90 Å². The maximum absolute atomic E-state index is 11.2. The Morgan fingerprint density at radius 2 is 1.67 bits per heavy atom. The predicted molar refractivity (Wildman–Crippen MR) is 59.4 cm³/mol. The van der Waals surface area contributed by atoms with Crippen molar-refractivity contribution in [2.75, 3.05) is 7.11 Å². The first-order chi connectivity index (χ1) is 7.31. The largest absolute Gasteiger partial charge is 0.453 e. The van der Waals surface area contributed by atoms with E-state index in [0.29, 0.717) is 13.1 Å². The van der Waals surface area contributed by atoms with Gasteiger partial charge in [0.1, 0.15) is 0 Å². The molecule has 15 heavy (non-hydrogen) atoms. The zero-order valence-corrected chi connectivity index (χ0v) is 9.49. The van der Waals surface area contributed by atoms with Crippen molar-refractivity contribution in [1.29, 1.82) is 0 Å². The molecule has 0 N–H and O–H groups in total. The maximum Gasteiger partial charge on any atom is 0.410 e. The van der Waals surface area contributed by atoms with Gasteiger partial charge in [-0.3, -0.25) is 4.90 Å². The monoisotopic (exact) mass is 207 g/mol. The van der Waals surface area contributed by atoms with E-state index in [1.807, 2.05) is 38.1 Å². The third kappa shape index (κ3) is 2.49. The fourth-order valence-corrected chi connectivity index (χ4v) is 1.59. The second-order valence-corrected chi connectivity index (χ2v) is 3.09. The lowest BCUT2D eigenvalue weighted by molar-refractivity contribution is 0.123. The number of amides is 1. The first-order valence-corrected chi connectivity index (χ1v) is 5.21. The number of ether oxygens (including phenoxy) is 1. The molecule has 0 atom stereocenters. The highest BCUT2D eigenvalue weighted by molar-refractivity contribution is 5.68. The fourth-order valence-electron chi connectivity index (χ4n) is 1.59. The molecule has 82 valence electrons. The van der Waals surface area contributed by atoms with Gasteiger partial charge < -0.3 is 4.74 Å². The molecule has 1 aromatic rings. The van der Waals surface area contributed by atoms with E-state index in [1.165, 1.54) is 18.2 Å². The van der Waals surface area contributed by atoms with Crippen molar-refractivity contribution in [2.45, 2.75) is 26.9 Å². The summed E-state index contributed by atoms with van der Waals surface area (Å²) in [5.74, 6) is 0. The number of hydrogen-bond acceptors (Lipinski definition) is 2. The summed E-state index contributed by atoms with van der Waals surface area (Å²) in [6, 6.07) is 8.05. The Morgan fingerprint density at radius 3 is 2.07 bits per heavy atom. The van der Waals surface area contributed by atoms with E-state index in [0.717, 1.165) is 0 Å². The summed E-state index contributed by atoms with van der Waals surface area (Å²) >= 11 is 0. The van der Waals surface area contributed by atoms with Gasteiger partial charge in [-0.05, 0) is 11.1 Å². The molecule has 0 radical (unpaired) electrons. The molecule has 0 fully saturated rings. The molecule has 0 saturated heterocycles. The molecule has 1 amide bonds. The highest BCUT2D eigenvalue weighted by atomic mass is 16.5. The van der Waals surface area contributed by atoms with Gasteiger partial charge in [0.15, 0.2) is 0 Å². The summed E-state index contributed by atoms with van der Waals surface area (Å²) in [6.07, 6.45) is -0.254. The van der Waals surface area contributed by atoms with Crippen LogP contribution in [0.1, 0.15) is 25.0 Å². The molecule has 2 rings (SSSR count). The van der Waals surface area contributed by atoms with E-state index in [9.17, 15) is 4.79 Å². The van der Waals surface area contributed by atoms with Crippen LogP contribution in [0.25, 0.3) is 0 Å². The smallest absolute Gasteiger partial charge is 0.410 e. The number of fused-ring (bicyclic) bond motifs is 1. The highest BCUT2D eigenvalue weighted by Crippen LogP contribution is 2.22. The van der Waals surface area contributed by atoms with Crippen molar-refractivity contribution in [3.63, 3.8) is 0 Å². The van der Waals surface area contributed by atoms with Gasteiger partial charge in [-0.15, -0.1) is 0 Å². The first kappa shape index (κ1) is 11.6. The van der Waals surface area contributed by atoms with Gasteiger partial charge in [-0.2, -0.15) is 0 Å². The number of rotatable bonds is 0. The average Bonchev–Trinajstić information content (AvgIpc) is 2.74. The highest BCUT2D eigenvalue weighted by Gasteiger charge is 2.22. The van der Waals surface area contributed by atoms with Crippen LogP contribution in [-0.2, 0) is 17.8 Å². The molecule has 0 spiro atoms. The Labute approximate surface area is 90.7 Å². The summed E-state index contributed by atoms with van der Waals surface area (Å²) in [5.41, 5.74) is 2.43. The van der Waals surface area contributed by atoms with Crippen LogP contribution in [0.3, 0.4) is 0 Å². The Balaban J connectivity index is 0.000000531. The van der Waals surface area contributed by atoms with Crippen molar-refractivity contribution in [3.05, 3.63) is 35.4 Å². The maximum atomic E-state index is 11.2. The lowest BCUT2D eigenvalue weighted by Crippen LogP contribution is -2.24. The minimum atomic E-state index is -0.254. The summed E-state index contributed by atoms with van der Waals surface area (Å²) in [4.78, 5) is 12.9. The van der Waals surface area contributed by atoms with Crippen LogP contribution in [0.4, 0.5) is 4.79 Å². The number of nitrogens with zero attached hydrogens (tertiary/aromatic N) is 1.